The summed E-state index contributed by atoms with van der Waals surface area (Å²) in [7, 11) is 1.29. The Balaban J connectivity index is 2.58. The van der Waals surface area contributed by atoms with Gasteiger partial charge in [-0.15, -0.1) is 11.3 Å². The molecular formula is C8H11NO3S. The summed E-state index contributed by atoms with van der Waals surface area (Å²) in [4.78, 5) is 14.9. The van der Waals surface area contributed by atoms with E-state index in [4.69, 9.17) is 0 Å². The summed E-state index contributed by atoms with van der Waals surface area (Å²) in [6.45, 7) is 1.84. The Hall–Kier alpha value is -0.940. The van der Waals surface area contributed by atoms with Crippen LogP contribution >= 0.6 is 11.3 Å². The molecule has 0 radical (unpaired) electrons. The molecule has 0 amide bonds. The molecule has 0 spiro atoms. The molecule has 0 aromatic carbocycles. The molecule has 1 atom stereocenters. The Kier molecular flexibility index (Phi) is 3.39. The molecule has 0 aliphatic heterocycles. The Morgan fingerprint density at radius 2 is 2.54 bits per heavy atom. The number of aryl methyl sites for hydroxylation is 1. The molecule has 13 heavy (non-hydrogen) atoms. The van der Waals surface area contributed by atoms with Crippen LogP contribution in [0.15, 0.2) is 5.38 Å². The van der Waals surface area contributed by atoms with E-state index in [0.29, 0.717) is 5.01 Å². The molecule has 1 N–H and O–H groups in total. The quantitative estimate of drug-likeness (QED) is 0.742. The fraction of sp³-hybridized carbons (Fsp3) is 0.500. The van der Waals surface area contributed by atoms with Crippen molar-refractivity contribution in [1.29, 1.82) is 0 Å². The lowest BCUT2D eigenvalue weighted by Crippen LogP contribution is -2.07. The second-order valence-electron chi connectivity index (χ2n) is 2.62. The number of hydrogen-bond donors (Lipinski definition) is 1. The number of rotatable bonds is 3. The number of carbonyl (C=O) groups is 1. The average molecular weight is 201 g/mol. The summed E-state index contributed by atoms with van der Waals surface area (Å²) in [5, 5.41) is 11.9. The van der Waals surface area contributed by atoms with E-state index >= 15 is 0 Å². The Labute approximate surface area is 80.2 Å². The van der Waals surface area contributed by atoms with E-state index < -0.39 is 12.1 Å². The molecule has 0 bridgehead atoms. The van der Waals surface area contributed by atoms with Gasteiger partial charge >= 0.3 is 5.97 Å². The van der Waals surface area contributed by atoms with E-state index in [2.05, 4.69) is 9.72 Å². The molecule has 72 valence electrons. The number of aromatic nitrogens is 1. The van der Waals surface area contributed by atoms with E-state index in [0.717, 1.165) is 5.69 Å². The zero-order chi connectivity index (χ0) is 9.84. The number of ether oxygens (including phenoxy) is 1. The molecule has 1 aromatic rings. The molecule has 4 nitrogen and oxygen atoms in total. The minimum absolute atomic E-state index is 0.0382. The molecule has 5 heteroatoms. The summed E-state index contributed by atoms with van der Waals surface area (Å²) < 4.78 is 4.43. The smallest absolute Gasteiger partial charge is 0.308 e. The third kappa shape index (κ3) is 2.78. The Bertz CT molecular complexity index is 297. The molecule has 0 saturated carbocycles. The van der Waals surface area contributed by atoms with Gasteiger partial charge in [0.15, 0.2) is 0 Å². The second kappa shape index (κ2) is 4.34. The summed E-state index contributed by atoms with van der Waals surface area (Å²) in [6.07, 6.45) is -0.880. The van der Waals surface area contributed by atoms with Gasteiger partial charge in [-0.25, -0.2) is 4.98 Å². The molecular weight excluding hydrogens is 190 g/mol. The first kappa shape index (κ1) is 10.1. The van der Waals surface area contributed by atoms with Crippen molar-refractivity contribution in [2.24, 2.45) is 0 Å². The summed E-state index contributed by atoms with van der Waals surface area (Å²) >= 11 is 1.34. The molecule has 0 aliphatic rings. The SMILES string of the molecule is COC(=O)CC(O)c1nc(C)cs1. The van der Waals surface area contributed by atoms with Crippen LogP contribution in [0, 0.1) is 6.92 Å². The molecule has 1 heterocycles. The lowest BCUT2D eigenvalue weighted by Gasteiger charge is -2.04. The third-order valence-electron chi connectivity index (χ3n) is 1.51. The van der Waals surface area contributed by atoms with E-state index in [1.165, 1.54) is 18.4 Å². The number of hydrogen-bond acceptors (Lipinski definition) is 5. The normalized spacial score (nSPS) is 12.5. The van der Waals surface area contributed by atoms with Crippen LogP contribution in [-0.4, -0.2) is 23.2 Å². The Morgan fingerprint density at radius 1 is 1.85 bits per heavy atom. The molecule has 1 rings (SSSR count). The maximum atomic E-state index is 10.8. The lowest BCUT2D eigenvalue weighted by molar-refractivity contribution is -0.142. The van der Waals surface area contributed by atoms with Gasteiger partial charge in [-0.05, 0) is 6.92 Å². The highest BCUT2D eigenvalue weighted by Crippen LogP contribution is 2.20. The molecule has 1 unspecified atom stereocenters. The minimum atomic E-state index is -0.842. The van der Waals surface area contributed by atoms with Crippen molar-refractivity contribution < 1.29 is 14.6 Å². The summed E-state index contributed by atoms with van der Waals surface area (Å²) in [5.74, 6) is -0.430. The maximum absolute atomic E-state index is 10.8. The van der Waals surface area contributed by atoms with Gasteiger partial charge in [-0.1, -0.05) is 0 Å². The second-order valence-corrected chi connectivity index (χ2v) is 3.51. The largest absolute Gasteiger partial charge is 0.469 e. The number of methoxy groups -OCH3 is 1. The van der Waals surface area contributed by atoms with Crippen molar-refractivity contribution in [3.8, 4) is 0 Å². The van der Waals surface area contributed by atoms with Gasteiger partial charge in [0.05, 0.1) is 13.5 Å². The zero-order valence-electron chi connectivity index (χ0n) is 7.48. The van der Waals surface area contributed by atoms with Crippen LogP contribution in [0.2, 0.25) is 0 Å². The average Bonchev–Trinajstić information content (AvgIpc) is 2.51. The first-order chi connectivity index (χ1) is 6.13. The van der Waals surface area contributed by atoms with Crippen molar-refractivity contribution in [3.63, 3.8) is 0 Å². The summed E-state index contributed by atoms with van der Waals surface area (Å²) in [5.41, 5.74) is 0.851. The predicted molar refractivity (Wildman–Crippen MR) is 48.4 cm³/mol. The van der Waals surface area contributed by atoms with Crippen molar-refractivity contribution in [2.45, 2.75) is 19.4 Å². The predicted octanol–water partition coefficient (Wildman–Crippen LogP) is 1.05. The van der Waals surface area contributed by atoms with Crippen LogP contribution in [-0.2, 0) is 9.53 Å². The van der Waals surface area contributed by atoms with Gasteiger partial charge in [-0.2, -0.15) is 0 Å². The summed E-state index contributed by atoms with van der Waals surface area (Å²) in [6, 6.07) is 0. The highest BCUT2D eigenvalue weighted by Gasteiger charge is 2.15. The van der Waals surface area contributed by atoms with Crippen LogP contribution in [0.5, 0.6) is 0 Å². The Morgan fingerprint density at radius 3 is 3.00 bits per heavy atom. The number of carbonyl (C=O) groups excluding carboxylic acids is 1. The molecule has 0 aliphatic carbocycles. The lowest BCUT2D eigenvalue weighted by atomic mass is 10.3. The molecule has 1 aromatic heterocycles. The van der Waals surface area contributed by atoms with E-state index in [1.807, 2.05) is 12.3 Å². The number of aliphatic hydroxyl groups is 1. The van der Waals surface area contributed by atoms with E-state index in [9.17, 15) is 9.90 Å². The monoisotopic (exact) mass is 201 g/mol. The highest BCUT2D eigenvalue weighted by molar-refractivity contribution is 7.09. The van der Waals surface area contributed by atoms with Gasteiger partial charge in [0.1, 0.15) is 11.1 Å². The van der Waals surface area contributed by atoms with Crippen molar-refractivity contribution in [2.75, 3.05) is 7.11 Å². The topological polar surface area (TPSA) is 59.4 Å². The van der Waals surface area contributed by atoms with Crippen LogP contribution in [0.25, 0.3) is 0 Å². The van der Waals surface area contributed by atoms with Crippen LogP contribution in [0.3, 0.4) is 0 Å². The number of nitrogens with zero attached hydrogens (tertiary/aromatic N) is 1. The van der Waals surface area contributed by atoms with Gasteiger partial charge in [0.2, 0.25) is 0 Å². The first-order valence-electron chi connectivity index (χ1n) is 3.80. The van der Waals surface area contributed by atoms with Crippen molar-refractivity contribution >= 4 is 17.3 Å². The van der Waals surface area contributed by atoms with Gasteiger partial charge in [0, 0.05) is 11.1 Å². The number of esters is 1. The molecule has 0 fully saturated rings. The van der Waals surface area contributed by atoms with Gasteiger partial charge < -0.3 is 9.84 Å². The number of aliphatic hydroxyl groups excluding tert-OH is 1. The fourth-order valence-corrected chi connectivity index (χ4v) is 1.63. The van der Waals surface area contributed by atoms with Gasteiger partial charge in [-0.3, -0.25) is 4.79 Å². The van der Waals surface area contributed by atoms with E-state index in [-0.39, 0.29) is 6.42 Å². The first-order valence-corrected chi connectivity index (χ1v) is 4.68. The van der Waals surface area contributed by atoms with Crippen LogP contribution in [0.4, 0.5) is 0 Å². The standard InChI is InChI=1S/C8H11NO3S/c1-5-4-13-8(9-5)6(10)3-7(11)12-2/h4,6,10H,3H2,1-2H3. The molecule has 0 saturated heterocycles. The fourth-order valence-electron chi connectivity index (χ4n) is 0.854. The highest BCUT2D eigenvalue weighted by atomic mass is 32.1. The van der Waals surface area contributed by atoms with E-state index in [1.54, 1.807) is 0 Å². The number of thiazole rings is 1. The third-order valence-corrected chi connectivity index (χ3v) is 2.57. The van der Waals surface area contributed by atoms with Crippen molar-refractivity contribution in [1.82, 2.24) is 4.98 Å². The maximum Gasteiger partial charge on any atom is 0.308 e. The van der Waals surface area contributed by atoms with Crippen LogP contribution < -0.4 is 0 Å². The van der Waals surface area contributed by atoms with Gasteiger partial charge in [0.25, 0.3) is 0 Å². The van der Waals surface area contributed by atoms with Crippen LogP contribution in [0.1, 0.15) is 23.2 Å². The van der Waals surface area contributed by atoms with Crippen molar-refractivity contribution in [3.05, 3.63) is 16.1 Å². The zero-order valence-corrected chi connectivity index (χ0v) is 8.30. The minimum Gasteiger partial charge on any atom is -0.469 e.